The highest BCUT2D eigenvalue weighted by Crippen LogP contribution is 2.37. The van der Waals surface area contributed by atoms with Crippen LogP contribution in [0, 0.1) is 15.9 Å². The van der Waals surface area contributed by atoms with Crippen molar-refractivity contribution in [2.45, 2.75) is 39.9 Å². The molecule has 0 aliphatic heterocycles. The Balaban J connectivity index is 1.27. The monoisotopic (exact) mass is 838 g/mol. The maximum atomic E-state index is 15.6. The molecule has 0 radical (unpaired) electrons. The molecule has 0 aliphatic carbocycles. The molecule has 5 aromatic rings. The third-order valence-electron chi connectivity index (χ3n) is 8.86. The Morgan fingerprint density at radius 1 is 0.738 bits per heavy atom. The van der Waals surface area contributed by atoms with Gasteiger partial charge in [0.1, 0.15) is 45.7 Å². The predicted molar refractivity (Wildman–Crippen MR) is 238 cm³/mol. The van der Waals surface area contributed by atoms with Gasteiger partial charge in [0, 0.05) is 74.0 Å². The summed E-state index contributed by atoms with van der Waals surface area (Å²) in [5.74, 6) is 0.783. The zero-order valence-electron chi connectivity index (χ0n) is 35.5. The summed E-state index contributed by atoms with van der Waals surface area (Å²) in [7, 11) is 8.29. The van der Waals surface area contributed by atoms with Crippen LogP contribution in [0.5, 0.6) is 34.5 Å². The highest BCUT2D eigenvalue weighted by atomic mass is 19.1. The molecule has 0 aliphatic rings. The number of hydrazine groups is 1. The number of rotatable bonds is 20. The fourth-order valence-electron chi connectivity index (χ4n) is 5.94. The zero-order valence-corrected chi connectivity index (χ0v) is 35.5. The number of nitro benzene ring substituents is 1. The smallest absolute Gasteiger partial charge is 0.347 e. The number of nitrogens with zero attached hydrogens (tertiary/aromatic N) is 2. The Morgan fingerprint density at radius 2 is 1.38 bits per heavy atom. The lowest BCUT2D eigenvalue weighted by atomic mass is 10.1. The van der Waals surface area contributed by atoms with Gasteiger partial charge in [-0.05, 0) is 75.7 Å². The number of halogens is 1. The Kier molecular flexibility index (Phi) is 15.1. The van der Waals surface area contributed by atoms with Crippen molar-refractivity contribution in [3.8, 4) is 34.5 Å². The Bertz CT molecular complexity index is 2330. The van der Waals surface area contributed by atoms with Crippen LogP contribution in [0.15, 0.2) is 84.9 Å². The standard InChI is InChI=1S/C45H51FN6O9/c1-27(2)59-41-21-30(47-26-48-44-37(46)20-31(22-43(44)58-9)49-50-38-19-16-33(51(5)6)23-42(38)60-28(3)4)13-18-36(41)45(53)61-34-24-39(56-7)35(40(25-34)57-8)17-12-29-10-14-32(15-11-29)52(54)55/h10-25,27-28,47-50H,26H2,1-9H3/b17-12+. The van der Waals surface area contributed by atoms with E-state index < -0.39 is 16.7 Å². The van der Waals surface area contributed by atoms with Crippen LogP contribution in [-0.2, 0) is 0 Å². The first-order valence-corrected chi connectivity index (χ1v) is 19.3. The SMILES string of the molecule is COc1cc(OC(=O)c2ccc(NCNc3c(F)cc(NNc4ccc(N(C)C)cc4OC(C)C)cc3OC)cc2OC(C)C)cc(OC)c1/C=C/c1ccc([N+](=O)[O-])cc1. The van der Waals surface area contributed by atoms with E-state index in [2.05, 4.69) is 21.5 Å². The molecule has 61 heavy (non-hydrogen) atoms. The number of anilines is 5. The number of hydrogen-bond donors (Lipinski definition) is 4. The van der Waals surface area contributed by atoms with E-state index in [9.17, 15) is 14.9 Å². The van der Waals surface area contributed by atoms with Gasteiger partial charge in [-0.2, -0.15) is 0 Å². The van der Waals surface area contributed by atoms with Gasteiger partial charge < -0.3 is 49.4 Å². The van der Waals surface area contributed by atoms with Gasteiger partial charge in [-0.3, -0.25) is 15.5 Å². The van der Waals surface area contributed by atoms with Crippen LogP contribution >= 0.6 is 0 Å². The molecule has 4 N–H and O–H groups in total. The molecule has 5 rings (SSSR count). The molecule has 5 aromatic carbocycles. The van der Waals surface area contributed by atoms with Gasteiger partial charge in [0.2, 0.25) is 0 Å². The second-order valence-electron chi connectivity index (χ2n) is 14.2. The topological polar surface area (TPSA) is 167 Å². The summed E-state index contributed by atoms with van der Waals surface area (Å²) < 4.78 is 50.1. The van der Waals surface area contributed by atoms with E-state index >= 15 is 4.39 Å². The Morgan fingerprint density at radius 3 is 1.98 bits per heavy atom. The lowest BCUT2D eigenvalue weighted by molar-refractivity contribution is -0.384. The normalized spacial score (nSPS) is 11.0. The number of benzene rings is 5. The third kappa shape index (κ3) is 11.9. The second-order valence-corrected chi connectivity index (χ2v) is 14.2. The van der Waals surface area contributed by atoms with Crippen molar-refractivity contribution in [3.05, 3.63) is 118 Å². The van der Waals surface area contributed by atoms with E-state index in [1.54, 1.807) is 60.7 Å². The number of carbonyl (C=O) groups is 1. The summed E-state index contributed by atoms with van der Waals surface area (Å²) in [6.07, 6.45) is 3.15. The first-order valence-electron chi connectivity index (χ1n) is 19.3. The van der Waals surface area contributed by atoms with Crippen molar-refractivity contribution < 1.29 is 42.5 Å². The molecule has 0 bridgehead atoms. The maximum Gasteiger partial charge on any atom is 0.347 e. The molecule has 0 atom stereocenters. The molecule has 16 heteroatoms. The van der Waals surface area contributed by atoms with Crippen molar-refractivity contribution in [2.75, 3.05) is 68.5 Å². The van der Waals surface area contributed by atoms with E-state index in [0.717, 1.165) is 5.69 Å². The fraction of sp³-hybridized carbons (Fsp3) is 0.267. The van der Waals surface area contributed by atoms with E-state index in [-0.39, 0.29) is 53.1 Å². The van der Waals surface area contributed by atoms with Gasteiger partial charge in [0.25, 0.3) is 5.69 Å². The van der Waals surface area contributed by atoms with Crippen LogP contribution in [0.2, 0.25) is 0 Å². The van der Waals surface area contributed by atoms with Crippen LogP contribution < -0.4 is 54.8 Å². The van der Waals surface area contributed by atoms with Crippen LogP contribution in [0.3, 0.4) is 0 Å². The van der Waals surface area contributed by atoms with Crippen LogP contribution in [0.4, 0.5) is 38.5 Å². The molecule has 322 valence electrons. The Labute approximate surface area is 354 Å². The average molecular weight is 839 g/mol. The van der Waals surface area contributed by atoms with Crippen molar-refractivity contribution in [2.24, 2.45) is 0 Å². The first-order chi connectivity index (χ1) is 29.2. The van der Waals surface area contributed by atoms with Gasteiger partial charge in [-0.25, -0.2) is 9.18 Å². The summed E-state index contributed by atoms with van der Waals surface area (Å²) in [6, 6.07) is 22.8. The molecule has 0 fully saturated rings. The second kappa shape index (κ2) is 20.6. The summed E-state index contributed by atoms with van der Waals surface area (Å²) >= 11 is 0. The van der Waals surface area contributed by atoms with Gasteiger partial charge in [0.05, 0.1) is 62.1 Å². The third-order valence-corrected chi connectivity index (χ3v) is 8.86. The average Bonchev–Trinajstić information content (AvgIpc) is 3.22. The molecule has 0 aromatic heterocycles. The van der Waals surface area contributed by atoms with Crippen LogP contribution in [0.1, 0.15) is 49.2 Å². The minimum Gasteiger partial charge on any atom is -0.496 e. The molecule has 15 nitrogen and oxygen atoms in total. The molecule has 0 amide bonds. The number of nitro groups is 1. The fourth-order valence-corrected chi connectivity index (χ4v) is 5.94. The molecule has 0 saturated carbocycles. The number of methoxy groups -OCH3 is 3. The predicted octanol–water partition coefficient (Wildman–Crippen LogP) is 9.71. The number of nitrogens with one attached hydrogen (secondary N) is 4. The quantitative estimate of drug-likeness (QED) is 0.0146. The molecule has 0 unspecified atom stereocenters. The minimum absolute atomic E-state index is 0.0173. The highest BCUT2D eigenvalue weighted by Gasteiger charge is 2.20. The molecule has 0 spiro atoms. The number of hydrogen-bond acceptors (Lipinski definition) is 14. The number of esters is 1. The summed E-state index contributed by atoms with van der Waals surface area (Å²) in [5.41, 5.74) is 10.3. The van der Waals surface area contributed by atoms with E-state index in [4.69, 9.17) is 28.4 Å². The highest BCUT2D eigenvalue weighted by molar-refractivity contribution is 5.95. The van der Waals surface area contributed by atoms with Crippen molar-refractivity contribution in [1.82, 2.24) is 0 Å². The van der Waals surface area contributed by atoms with Crippen molar-refractivity contribution in [3.63, 3.8) is 0 Å². The van der Waals surface area contributed by atoms with E-state index in [1.165, 1.54) is 39.5 Å². The minimum atomic E-state index is -0.692. The summed E-state index contributed by atoms with van der Waals surface area (Å²) in [4.78, 5) is 26.1. The molecule has 0 saturated heterocycles. The van der Waals surface area contributed by atoms with Crippen molar-refractivity contribution in [1.29, 1.82) is 0 Å². The van der Waals surface area contributed by atoms with Gasteiger partial charge in [-0.1, -0.05) is 6.08 Å². The van der Waals surface area contributed by atoms with Gasteiger partial charge in [-0.15, -0.1) is 0 Å². The van der Waals surface area contributed by atoms with Crippen molar-refractivity contribution >= 4 is 52.2 Å². The van der Waals surface area contributed by atoms with Gasteiger partial charge in [0.15, 0.2) is 5.82 Å². The lowest BCUT2D eigenvalue weighted by Crippen LogP contribution is -2.17. The number of carbonyl (C=O) groups excluding carboxylic acids is 1. The summed E-state index contributed by atoms with van der Waals surface area (Å²) in [5, 5.41) is 17.2. The number of ether oxygens (including phenoxy) is 6. The van der Waals surface area contributed by atoms with E-state index in [0.29, 0.717) is 45.4 Å². The molecular formula is C45H51FN6O9. The maximum absolute atomic E-state index is 15.6. The number of non-ortho nitro benzene ring substituents is 1. The first kappa shape index (κ1) is 44.7. The van der Waals surface area contributed by atoms with E-state index in [1.807, 2.05) is 64.9 Å². The van der Waals surface area contributed by atoms with Gasteiger partial charge >= 0.3 is 5.97 Å². The lowest BCUT2D eigenvalue weighted by Gasteiger charge is -2.21. The summed E-state index contributed by atoms with van der Waals surface area (Å²) in [6.45, 7) is 7.63. The Hall–Kier alpha value is -7.36. The van der Waals surface area contributed by atoms with Crippen LogP contribution in [-0.4, -0.2) is 65.2 Å². The molecular weight excluding hydrogens is 788 g/mol. The molecule has 0 heterocycles. The zero-order chi connectivity index (χ0) is 44.2. The largest absolute Gasteiger partial charge is 0.496 e. The van der Waals surface area contributed by atoms with Crippen LogP contribution in [0.25, 0.3) is 12.2 Å².